The van der Waals surface area contributed by atoms with E-state index in [0.717, 1.165) is 25.9 Å². The second-order valence-corrected chi connectivity index (χ2v) is 6.09. The summed E-state index contributed by atoms with van der Waals surface area (Å²) in [6.07, 6.45) is 6.13. The minimum absolute atomic E-state index is 0.0949. The van der Waals surface area contributed by atoms with Crippen molar-refractivity contribution in [2.45, 2.75) is 71.0 Å². The van der Waals surface area contributed by atoms with Crippen LogP contribution in [0.2, 0.25) is 0 Å². The number of amides is 1. The van der Waals surface area contributed by atoms with E-state index in [-0.39, 0.29) is 11.9 Å². The van der Waals surface area contributed by atoms with E-state index < -0.39 is 0 Å². The Morgan fingerprint density at radius 1 is 1.21 bits per heavy atom. The summed E-state index contributed by atoms with van der Waals surface area (Å²) in [6.45, 7) is 8.14. The van der Waals surface area contributed by atoms with Crippen LogP contribution in [0.3, 0.4) is 0 Å². The summed E-state index contributed by atoms with van der Waals surface area (Å²) in [5.74, 6) is 0.152. The van der Waals surface area contributed by atoms with E-state index in [1.165, 1.54) is 19.3 Å². The van der Waals surface area contributed by atoms with Gasteiger partial charge >= 0.3 is 0 Å². The van der Waals surface area contributed by atoms with Gasteiger partial charge in [0, 0.05) is 25.2 Å². The molecule has 1 fully saturated rings. The minimum atomic E-state index is -0.0949. The largest absolute Gasteiger partial charge is 0.352 e. The lowest BCUT2D eigenvalue weighted by atomic mass is 9.95. The fourth-order valence-corrected chi connectivity index (χ4v) is 2.38. The summed E-state index contributed by atoms with van der Waals surface area (Å²) in [5.41, 5.74) is 0. The van der Waals surface area contributed by atoms with Crippen LogP contribution in [0.5, 0.6) is 0 Å². The van der Waals surface area contributed by atoms with Crippen LogP contribution in [0.15, 0.2) is 0 Å². The molecule has 1 aliphatic carbocycles. The summed E-state index contributed by atoms with van der Waals surface area (Å²) in [6, 6.07) is 0.861. The number of nitrogens with zero attached hydrogens (tertiary/aromatic N) is 1. The zero-order valence-corrected chi connectivity index (χ0v) is 13.0. The van der Waals surface area contributed by atoms with Crippen LogP contribution >= 0.6 is 0 Å². The van der Waals surface area contributed by atoms with Crippen molar-refractivity contribution in [3.63, 3.8) is 0 Å². The first kappa shape index (κ1) is 16.4. The van der Waals surface area contributed by atoms with E-state index in [1.807, 2.05) is 6.92 Å². The lowest BCUT2D eigenvalue weighted by Crippen LogP contribution is -2.48. The zero-order valence-electron chi connectivity index (χ0n) is 13.0. The Balaban J connectivity index is 2.17. The Bertz CT molecular complexity index is 262. The fourth-order valence-electron chi connectivity index (χ4n) is 2.38. The van der Waals surface area contributed by atoms with E-state index in [4.69, 9.17) is 0 Å². The van der Waals surface area contributed by atoms with Gasteiger partial charge in [-0.2, -0.15) is 0 Å². The van der Waals surface area contributed by atoms with Crippen LogP contribution < -0.4 is 10.6 Å². The third-order valence-corrected chi connectivity index (χ3v) is 4.14. The molecule has 1 rings (SSSR count). The number of rotatable bonds is 7. The molecule has 0 aromatic carbocycles. The third kappa shape index (κ3) is 6.39. The van der Waals surface area contributed by atoms with Gasteiger partial charge in [-0.05, 0) is 40.7 Å². The summed E-state index contributed by atoms with van der Waals surface area (Å²) < 4.78 is 0. The highest BCUT2D eigenvalue weighted by molar-refractivity contribution is 5.81. The van der Waals surface area contributed by atoms with Crippen LogP contribution in [0.4, 0.5) is 0 Å². The van der Waals surface area contributed by atoms with Gasteiger partial charge in [0.05, 0.1) is 6.04 Å². The van der Waals surface area contributed by atoms with E-state index in [2.05, 4.69) is 36.4 Å². The molecule has 0 aliphatic heterocycles. The molecule has 1 amide bonds. The monoisotopic (exact) mass is 269 g/mol. The second kappa shape index (κ2) is 8.54. The molecule has 0 spiro atoms. The second-order valence-electron chi connectivity index (χ2n) is 6.09. The summed E-state index contributed by atoms with van der Waals surface area (Å²) in [4.78, 5) is 14.3. The maximum atomic E-state index is 12.0. The molecule has 1 aliphatic rings. The molecule has 1 saturated carbocycles. The van der Waals surface area contributed by atoms with E-state index in [9.17, 15) is 4.79 Å². The molecule has 0 heterocycles. The molecule has 1 unspecified atom stereocenters. The zero-order chi connectivity index (χ0) is 14.3. The van der Waals surface area contributed by atoms with Crippen LogP contribution in [0, 0.1) is 0 Å². The van der Waals surface area contributed by atoms with Crippen LogP contribution in [0.1, 0.15) is 52.9 Å². The smallest absolute Gasteiger partial charge is 0.237 e. The summed E-state index contributed by atoms with van der Waals surface area (Å²) in [7, 11) is 2.11. The minimum Gasteiger partial charge on any atom is -0.352 e. The molecule has 2 N–H and O–H groups in total. The number of likely N-dealkylation sites (N-methyl/N-ethyl adjacent to an activating group) is 1. The predicted molar refractivity (Wildman–Crippen MR) is 80.2 cm³/mol. The predicted octanol–water partition coefficient (Wildman–Crippen LogP) is 1.75. The number of hydrogen-bond donors (Lipinski definition) is 2. The fraction of sp³-hybridized carbons (Fsp3) is 0.933. The Labute approximate surface area is 118 Å². The lowest BCUT2D eigenvalue weighted by Gasteiger charge is -2.25. The number of carbonyl (C=O) groups excluding carboxylic acids is 1. The third-order valence-electron chi connectivity index (χ3n) is 4.14. The Morgan fingerprint density at radius 2 is 1.84 bits per heavy atom. The van der Waals surface area contributed by atoms with E-state index in [0.29, 0.717) is 12.1 Å². The van der Waals surface area contributed by atoms with Gasteiger partial charge in [-0.15, -0.1) is 0 Å². The lowest BCUT2D eigenvalue weighted by molar-refractivity contribution is -0.123. The molecule has 0 saturated heterocycles. The maximum Gasteiger partial charge on any atom is 0.237 e. The molecule has 0 bridgehead atoms. The standard InChI is InChI=1S/C15H31N3O/c1-12(2)18(4)11-10-16-13(3)15(19)17-14-8-6-5-7-9-14/h12-14,16H,5-11H2,1-4H3,(H,17,19). The highest BCUT2D eigenvalue weighted by atomic mass is 16.2. The van der Waals surface area contributed by atoms with Gasteiger partial charge in [-0.3, -0.25) is 4.79 Å². The van der Waals surface area contributed by atoms with Gasteiger partial charge in [0.15, 0.2) is 0 Å². The van der Waals surface area contributed by atoms with Gasteiger partial charge < -0.3 is 15.5 Å². The van der Waals surface area contributed by atoms with Gasteiger partial charge in [-0.1, -0.05) is 19.3 Å². The Hall–Kier alpha value is -0.610. The van der Waals surface area contributed by atoms with Crippen molar-refractivity contribution in [3.05, 3.63) is 0 Å². The van der Waals surface area contributed by atoms with Gasteiger partial charge in [-0.25, -0.2) is 0 Å². The van der Waals surface area contributed by atoms with Crippen molar-refractivity contribution < 1.29 is 4.79 Å². The average molecular weight is 269 g/mol. The number of nitrogens with one attached hydrogen (secondary N) is 2. The van der Waals surface area contributed by atoms with Gasteiger partial charge in [0.1, 0.15) is 0 Å². The van der Waals surface area contributed by atoms with Crippen molar-refractivity contribution in [3.8, 4) is 0 Å². The molecule has 1 atom stereocenters. The Morgan fingerprint density at radius 3 is 2.42 bits per heavy atom. The van der Waals surface area contributed by atoms with Gasteiger partial charge in [0.2, 0.25) is 5.91 Å². The molecule has 0 aromatic heterocycles. The quantitative estimate of drug-likeness (QED) is 0.740. The first-order chi connectivity index (χ1) is 9.00. The Kier molecular flexibility index (Phi) is 7.39. The van der Waals surface area contributed by atoms with Crippen LogP contribution in [-0.4, -0.2) is 49.1 Å². The maximum absolute atomic E-state index is 12.0. The molecule has 4 heteroatoms. The number of hydrogen-bond acceptors (Lipinski definition) is 3. The van der Waals surface area contributed by atoms with Crippen LogP contribution in [0.25, 0.3) is 0 Å². The molecule has 0 aromatic rings. The topological polar surface area (TPSA) is 44.4 Å². The van der Waals surface area contributed by atoms with Crippen molar-refractivity contribution in [2.75, 3.05) is 20.1 Å². The van der Waals surface area contributed by atoms with Gasteiger partial charge in [0.25, 0.3) is 0 Å². The summed E-state index contributed by atoms with van der Waals surface area (Å²) >= 11 is 0. The highest BCUT2D eigenvalue weighted by Gasteiger charge is 2.19. The highest BCUT2D eigenvalue weighted by Crippen LogP contribution is 2.17. The van der Waals surface area contributed by atoms with Crippen molar-refractivity contribution in [2.24, 2.45) is 0 Å². The molecule has 112 valence electrons. The first-order valence-electron chi connectivity index (χ1n) is 7.74. The van der Waals surface area contributed by atoms with Crippen molar-refractivity contribution in [1.82, 2.24) is 15.5 Å². The molecular formula is C15H31N3O. The van der Waals surface area contributed by atoms with Crippen molar-refractivity contribution in [1.29, 1.82) is 0 Å². The number of carbonyl (C=O) groups is 1. The normalized spacial score (nSPS) is 18.8. The van der Waals surface area contributed by atoms with Crippen molar-refractivity contribution >= 4 is 5.91 Å². The first-order valence-corrected chi connectivity index (χ1v) is 7.74. The molecule has 19 heavy (non-hydrogen) atoms. The average Bonchev–Trinajstić information content (AvgIpc) is 2.39. The molecule has 0 radical (unpaired) electrons. The molecule has 4 nitrogen and oxygen atoms in total. The SMILES string of the molecule is CC(NCCN(C)C(C)C)C(=O)NC1CCCCC1. The summed E-state index contributed by atoms with van der Waals surface area (Å²) in [5, 5.41) is 6.47. The molecular weight excluding hydrogens is 238 g/mol. The van der Waals surface area contributed by atoms with E-state index >= 15 is 0 Å². The van der Waals surface area contributed by atoms with E-state index in [1.54, 1.807) is 0 Å². The van der Waals surface area contributed by atoms with Crippen LogP contribution in [-0.2, 0) is 4.79 Å².